The van der Waals surface area contributed by atoms with Crippen molar-refractivity contribution in [3.8, 4) is 0 Å². The van der Waals surface area contributed by atoms with Crippen molar-refractivity contribution in [1.82, 2.24) is 0 Å². The third-order valence-corrected chi connectivity index (χ3v) is 28.4. The first-order chi connectivity index (χ1) is 10.9. The van der Waals surface area contributed by atoms with E-state index in [4.69, 9.17) is 0 Å². The van der Waals surface area contributed by atoms with E-state index < -0.39 is 18.4 Å². The van der Waals surface area contributed by atoms with Crippen molar-refractivity contribution in [1.29, 1.82) is 0 Å². The summed E-state index contributed by atoms with van der Waals surface area (Å²) in [4.78, 5) is 0. The van der Waals surface area contributed by atoms with Crippen molar-refractivity contribution in [3.63, 3.8) is 0 Å². The van der Waals surface area contributed by atoms with Gasteiger partial charge in [0.15, 0.2) is 0 Å². The number of hydrogen-bond donors (Lipinski definition) is 0. The Morgan fingerprint density at radius 3 is 1.18 bits per heavy atom. The van der Waals surface area contributed by atoms with Crippen molar-refractivity contribution >= 4 is 18.4 Å². The Labute approximate surface area is 143 Å². The van der Waals surface area contributed by atoms with Crippen molar-refractivity contribution in [2.24, 2.45) is 0 Å². The molecule has 3 aliphatic rings. The van der Waals surface area contributed by atoms with Gasteiger partial charge in [0.2, 0.25) is 0 Å². The third kappa shape index (κ3) is 3.62. The summed E-state index contributed by atoms with van der Waals surface area (Å²) in [6, 6.07) is 0. The summed E-state index contributed by atoms with van der Waals surface area (Å²) in [6.07, 6.45) is 26.1. The molecule has 0 spiro atoms. The zero-order valence-corrected chi connectivity index (χ0v) is 17.7. The summed E-state index contributed by atoms with van der Waals surface area (Å²) < 4.78 is 5.22. The minimum atomic E-state index is -2.16. The first-order valence-electron chi connectivity index (χ1n) is 10.5. The second-order valence-corrected chi connectivity index (χ2v) is 23.1. The molecule has 3 aliphatic carbocycles. The van der Waals surface area contributed by atoms with E-state index in [1.165, 1.54) is 35.5 Å². The van der Waals surface area contributed by atoms with Gasteiger partial charge in [-0.2, -0.15) is 0 Å². The van der Waals surface area contributed by atoms with E-state index in [1.807, 2.05) is 0 Å². The molecule has 0 bridgehead atoms. The molecule has 3 fully saturated rings. The van der Waals surface area contributed by atoms with Crippen LogP contribution in [-0.2, 0) is 0 Å². The minimum absolute atomic E-state index is 1.23. The van der Waals surface area contributed by atoms with Crippen LogP contribution in [0.2, 0.25) is 16.2 Å². The molecule has 0 unspecified atom stereocenters. The predicted molar refractivity (Wildman–Crippen MR) is 101 cm³/mol. The van der Waals surface area contributed by atoms with Crippen LogP contribution in [0.1, 0.15) is 96.3 Å². The van der Waals surface area contributed by atoms with Crippen molar-refractivity contribution in [2.45, 2.75) is 113 Å². The second kappa shape index (κ2) is 8.58. The van der Waals surface area contributed by atoms with Crippen LogP contribution in [-0.4, -0.2) is 18.4 Å². The molecule has 0 aromatic heterocycles. The van der Waals surface area contributed by atoms with Crippen LogP contribution in [0.4, 0.5) is 0 Å². The zero-order chi connectivity index (χ0) is 15.3. The van der Waals surface area contributed by atoms with Gasteiger partial charge in [0.05, 0.1) is 0 Å². The Bertz CT molecular complexity index is 284. The van der Waals surface area contributed by atoms with Crippen LogP contribution in [0.25, 0.3) is 0 Å². The molecule has 126 valence electrons. The fraction of sp³-hybridized carbons (Fsp3) is 0.905. The summed E-state index contributed by atoms with van der Waals surface area (Å²) in [5.74, 6) is 0. The second-order valence-electron chi connectivity index (χ2n) is 8.61. The SMILES string of the molecule is C=C[CH2][Sn]([CH]1CCCCC1)([CH]1CCCCC1)[CH]1CCCCC1. The molecule has 0 amide bonds. The van der Waals surface area contributed by atoms with Gasteiger partial charge in [0.25, 0.3) is 0 Å². The van der Waals surface area contributed by atoms with E-state index in [2.05, 4.69) is 12.7 Å². The fourth-order valence-electron chi connectivity index (χ4n) is 6.67. The van der Waals surface area contributed by atoms with Crippen LogP contribution in [0.5, 0.6) is 0 Å². The van der Waals surface area contributed by atoms with E-state index in [1.54, 1.807) is 77.0 Å². The Morgan fingerprint density at radius 2 is 0.909 bits per heavy atom. The fourth-order valence-corrected chi connectivity index (χ4v) is 29.4. The van der Waals surface area contributed by atoms with E-state index in [0.29, 0.717) is 0 Å². The van der Waals surface area contributed by atoms with Crippen molar-refractivity contribution in [3.05, 3.63) is 12.7 Å². The average molecular weight is 409 g/mol. The maximum absolute atomic E-state index is 4.28. The van der Waals surface area contributed by atoms with Gasteiger partial charge in [-0.1, -0.05) is 0 Å². The van der Waals surface area contributed by atoms with Crippen molar-refractivity contribution < 1.29 is 0 Å². The van der Waals surface area contributed by atoms with Gasteiger partial charge < -0.3 is 0 Å². The predicted octanol–water partition coefficient (Wildman–Crippen LogP) is 7.62. The standard InChI is InChI=1S/3C6H11.C3H5.Sn/c3*1-2-4-6-5-3-1;1-3-2;/h3*1H,2-6H2;3H,1-2H2;. The van der Waals surface area contributed by atoms with Gasteiger partial charge in [-0.3, -0.25) is 0 Å². The van der Waals surface area contributed by atoms with Gasteiger partial charge in [-0.15, -0.1) is 0 Å². The molecule has 0 aromatic rings. The summed E-state index contributed by atoms with van der Waals surface area (Å²) in [5, 5.41) is 0. The Hall–Kier alpha value is 0.539. The van der Waals surface area contributed by atoms with E-state index in [-0.39, 0.29) is 0 Å². The first kappa shape index (κ1) is 17.4. The Kier molecular flexibility index (Phi) is 6.77. The van der Waals surface area contributed by atoms with Gasteiger partial charge in [0.1, 0.15) is 0 Å². The van der Waals surface area contributed by atoms with E-state index in [0.717, 1.165) is 0 Å². The molecule has 0 saturated heterocycles. The van der Waals surface area contributed by atoms with Crippen LogP contribution in [0.3, 0.4) is 0 Å². The monoisotopic (exact) mass is 410 g/mol. The van der Waals surface area contributed by atoms with Crippen LogP contribution in [0, 0.1) is 0 Å². The van der Waals surface area contributed by atoms with Gasteiger partial charge in [0, 0.05) is 0 Å². The molecule has 3 saturated carbocycles. The maximum atomic E-state index is 4.28. The van der Waals surface area contributed by atoms with E-state index in [9.17, 15) is 0 Å². The molecule has 0 aromatic carbocycles. The van der Waals surface area contributed by atoms with Crippen LogP contribution < -0.4 is 0 Å². The molecule has 1 heteroatoms. The number of hydrogen-bond acceptors (Lipinski definition) is 0. The molecule has 0 aliphatic heterocycles. The molecule has 22 heavy (non-hydrogen) atoms. The molecule has 0 heterocycles. The Morgan fingerprint density at radius 1 is 0.591 bits per heavy atom. The average Bonchev–Trinajstić information content (AvgIpc) is 2.62. The molecule has 0 radical (unpaired) electrons. The Balaban J connectivity index is 1.89. The normalized spacial score (nSPS) is 26.9. The topological polar surface area (TPSA) is 0 Å². The molecule has 0 nitrogen and oxygen atoms in total. The third-order valence-electron chi connectivity index (χ3n) is 7.59. The number of rotatable bonds is 5. The summed E-state index contributed by atoms with van der Waals surface area (Å²) >= 11 is -2.16. The van der Waals surface area contributed by atoms with E-state index >= 15 is 0 Å². The van der Waals surface area contributed by atoms with Crippen LogP contribution >= 0.6 is 0 Å². The number of allylic oxidation sites excluding steroid dienone is 1. The van der Waals surface area contributed by atoms with Crippen LogP contribution in [0.15, 0.2) is 12.7 Å². The summed E-state index contributed by atoms with van der Waals surface area (Å²) in [6.45, 7) is 4.28. The van der Waals surface area contributed by atoms with Gasteiger partial charge in [-0.05, 0) is 0 Å². The van der Waals surface area contributed by atoms with Crippen molar-refractivity contribution in [2.75, 3.05) is 0 Å². The molecular weight excluding hydrogens is 371 g/mol. The van der Waals surface area contributed by atoms with Gasteiger partial charge in [-0.25, -0.2) is 0 Å². The quantitative estimate of drug-likeness (QED) is 0.324. The zero-order valence-electron chi connectivity index (χ0n) is 14.8. The summed E-state index contributed by atoms with van der Waals surface area (Å²) in [7, 11) is 0. The molecule has 0 N–H and O–H groups in total. The molecular formula is C21H38Sn. The molecule has 0 atom stereocenters. The summed E-state index contributed by atoms with van der Waals surface area (Å²) in [5.41, 5.74) is 0. The first-order valence-corrected chi connectivity index (χ1v) is 17.4. The molecule has 3 rings (SSSR count). The van der Waals surface area contributed by atoms with Gasteiger partial charge >= 0.3 is 144 Å².